The zero-order chi connectivity index (χ0) is 12.6. The van der Waals surface area contributed by atoms with Gasteiger partial charge in [-0.05, 0) is 18.2 Å². The van der Waals surface area contributed by atoms with E-state index in [0.29, 0.717) is 5.69 Å². The summed E-state index contributed by atoms with van der Waals surface area (Å²) in [6, 6.07) is 3.98. The maximum atomic E-state index is 12.4. The lowest BCUT2D eigenvalue weighted by Crippen LogP contribution is -2.42. The quantitative estimate of drug-likeness (QED) is 0.789. The molecule has 1 amide bonds. The molecular weight excluding hydrogens is 237 g/mol. The summed E-state index contributed by atoms with van der Waals surface area (Å²) < 4.78 is 42.0. The highest BCUT2D eigenvalue weighted by molar-refractivity contribution is 5.94. The fourth-order valence-electron chi connectivity index (χ4n) is 1.50. The van der Waals surface area contributed by atoms with Gasteiger partial charge in [0.1, 0.15) is 5.75 Å². The van der Waals surface area contributed by atoms with Crippen LogP contribution in [-0.2, 0) is 0 Å². The molecule has 0 bridgehead atoms. The number of carbonyl (C=O) groups is 1. The molecule has 0 fully saturated rings. The fourth-order valence-corrected chi connectivity index (χ4v) is 1.50. The third kappa shape index (κ3) is 2.27. The van der Waals surface area contributed by atoms with E-state index in [1.165, 1.54) is 18.2 Å². The predicted molar refractivity (Wildman–Crippen MR) is 53.9 cm³/mol. The number of primary amides is 1. The molecule has 1 atom stereocenters. The molecule has 1 unspecified atom stereocenters. The standard InChI is InChI=1S/C10H9F3N2O2/c11-10(12,13)8-4-15-6-3-5(9(14)16)1-2-7(6)17-8/h1-3,8,15H,4H2,(H2,14,16). The summed E-state index contributed by atoms with van der Waals surface area (Å²) in [5.41, 5.74) is 5.60. The largest absolute Gasteiger partial charge is 0.477 e. The minimum absolute atomic E-state index is 0.0589. The Kier molecular flexibility index (Phi) is 2.60. The first kappa shape index (κ1) is 11.6. The molecule has 1 aromatic carbocycles. The number of carbonyl (C=O) groups excluding carboxylic acids is 1. The first-order valence-corrected chi connectivity index (χ1v) is 4.79. The van der Waals surface area contributed by atoms with Crippen molar-refractivity contribution in [2.24, 2.45) is 5.73 Å². The summed E-state index contributed by atoms with van der Waals surface area (Å²) in [5.74, 6) is -0.587. The smallest absolute Gasteiger partial charge is 0.427 e. The topological polar surface area (TPSA) is 64.4 Å². The number of hydrogen-bond donors (Lipinski definition) is 2. The molecule has 4 nitrogen and oxygen atoms in total. The highest BCUT2D eigenvalue weighted by Gasteiger charge is 2.43. The number of alkyl halides is 3. The number of fused-ring (bicyclic) bond motifs is 1. The van der Waals surface area contributed by atoms with Gasteiger partial charge in [0.05, 0.1) is 12.2 Å². The van der Waals surface area contributed by atoms with Gasteiger partial charge in [0, 0.05) is 5.56 Å². The Bertz CT molecular complexity index is 459. The van der Waals surface area contributed by atoms with Gasteiger partial charge in [0.25, 0.3) is 0 Å². The van der Waals surface area contributed by atoms with Crippen LogP contribution in [0, 0.1) is 0 Å². The van der Waals surface area contributed by atoms with E-state index in [2.05, 4.69) is 5.32 Å². The van der Waals surface area contributed by atoms with E-state index in [1.807, 2.05) is 0 Å². The van der Waals surface area contributed by atoms with Gasteiger partial charge in [0.2, 0.25) is 12.0 Å². The lowest BCUT2D eigenvalue weighted by molar-refractivity contribution is -0.191. The Balaban J connectivity index is 2.26. The van der Waals surface area contributed by atoms with Crippen molar-refractivity contribution in [3.05, 3.63) is 23.8 Å². The summed E-state index contributed by atoms with van der Waals surface area (Å²) in [7, 11) is 0. The molecule has 0 saturated carbocycles. The number of nitrogens with one attached hydrogen (secondary N) is 1. The van der Waals surface area contributed by atoms with Crippen molar-refractivity contribution in [3.63, 3.8) is 0 Å². The van der Waals surface area contributed by atoms with Crippen LogP contribution in [0.1, 0.15) is 10.4 Å². The van der Waals surface area contributed by atoms with Crippen LogP contribution in [0.25, 0.3) is 0 Å². The monoisotopic (exact) mass is 246 g/mol. The van der Waals surface area contributed by atoms with Gasteiger partial charge in [0.15, 0.2) is 0 Å². The Morgan fingerprint density at radius 2 is 2.18 bits per heavy atom. The zero-order valence-electron chi connectivity index (χ0n) is 8.54. The second-order valence-electron chi connectivity index (χ2n) is 3.60. The Hall–Kier alpha value is -1.92. The van der Waals surface area contributed by atoms with Gasteiger partial charge >= 0.3 is 6.18 Å². The number of anilines is 1. The fraction of sp³-hybridized carbons (Fsp3) is 0.300. The molecule has 0 aromatic heterocycles. The maximum absolute atomic E-state index is 12.4. The Labute approximate surface area is 94.5 Å². The molecule has 2 rings (SSSR count). The lowest BCUT2D eigenvalue weighted by atomic mass is 10.1. The molecule has 17 heavy (non-hydrogen) atoms. The Morgan fingerprint density at radius 1 is 1.47 bits per heavy atom. The van der Waals surface area contributed by atoms with Crippen LogP contribution in [-0.4, -0.2) is 24.7 Å². The van der Waals surface area contributed by atoms with E-state index in [1.54, 1.807) is 0 Å². The van der Waals surface area contributed by atoms with Crippen molar-refractivity contribution in [2.75, 3.05) is 11.9 Å². The average Bonchev–Trinajstić information content (AvgIpc) is 2.26. The molecule has 1 aliphatic heterocycles. The van der Waals surface area contributed by atoms with E-state index < -0.39 is 24.7 Å². The molecule has 7 heteroatoms. The van der Waals surface area contributed by atoms with Crippen LogP contribution >= 0.6 is 0 Å². The van der Waals surface area contributed by atoms with E-state index in [-0.39, 0.29) is 11.3 Å². The second kappa shape index (κ2) is 3.83. The van der Waals surface area contributed by atoms with E-state index in [0.717, 1.165) is 0 Å². The highest BCUT2D eigenvalue weighted by atomic mass is 19.4. The van der Waals surface area contributed by atoms with Crippen molar-refractivity contribution < 1.29 is 22.7 Å². The van der Waals surface area contributed by atoms with Crippen LogP contribution in [0.3, 0.4) is 0 Å². The number of amides is 1. The van der Waals surface area contributed by atoms with Gasteiger partial charge < -0.3 is 15.8 Å². The molecule has 0 aliphatic carbocycles. The molecule has 1 heterocycles. The van der Waals surface area contributed by atoms with E-state index in [4.69, 9.17) is 10.5 Å². The number of nitrogens with two attached hydrogens (primary N) is 1. The van der Waals surface area contributed by atoms with Crippen LogP contribution in [0.4, 0.5) is 18.9 Å². The summed E-state index contributed by atoms with van der Waals surface area (Å²) in [6.07, 6.45) is -6.30. The first-order valence-electron chi connectivity index (χ1n) is 4.79. The molecule has 3 N–H and O–H groups in total. The third-order valence-electron chi connectivity index (χ3n) is 2.38. The van der Waals surface area contributed by atoms with E-state index >= 15 is 0 Å². The number of halogens is 3. The SMILES string of the molecule is NC(=O)c1ccc2c(c1)NCC(C(F)(F)F)O2. The average molecular weight is 246 g/mol. The molecule has 1 aliphatic rings. The molecule has 0 saturated heterocycles. The third-order valence-corrected chi connectivity index (χ3v) is 2.38. The van der Waals surface area contributed by atoms with Crippen molar-refractivity contribution in [3.8, 4) is 5.75 Å². The highest BCUT2D eigenvalue weighted by Crippen LogP contribution is 2.34. The summed E-state index contributed by atoms with van der Waals surface area (Å²) in [6.45, 7) is -0.390. The number of ether oxygens (including phenoxy) is 1. The van der Waals surface area contributed by atoms with Gasteiger partial charge in [-0.15, -0.1) is 0 Å². The summed E-state index contributed by atoms with van der Waals surface area (Å²) in [4.78, 5) is 10.9. The zero-order valence-corrected chi connectivity index (χ0v) is 8.54. The van der Waals surface area contributed by atoms with Crippen molar-refractivity contribution in [1.29, 1.82) is 0 Å². The molecule has 1 aromatic rings. The molecular formula is C10H9F3N2O2. The predicted octanol–water partition coefficient (Wildman–Crippen LogP) is 1.52. The van der Waals surface area contributed by atoms with Crippen molar-refractivity contribution in [1.82, 2.24) is 0 Å². The van der Waals surface area contributed by atoms with Crippen molar-refractivity contribution >= 4 is 11.6 Å². The number of rotatable bonds is 1. The van der Waals surface area contributed by atoms with Gasteiger partial charge in [-0.2, -0.15) is 13.2 Å². The maximum Gasteiger partial charge on any atom is 0.427 e. The Morgan fingerprint density at radius 3 is 2.76 bits per heavy atom. The van der Waals surface area contributed by atoms with Crippen molar-refractivity contribution in [2.45, 2.75) is 12.3 Å². The first-order chi connectivity index (χ1) is 7.88. The minimum atomic E-state index is -4.42. The number of hydrogen-bond acceptors (Lipinski definition) is 3. The van der Waals surface area contributed by atoms with Crippen LogP contribution in [0.2, 0.25) is 0 Å². The van der Waals surface area contributed by atoms with Gasteiger partial charge in [-0.25, -0.2) is 0 Å². The second-order valence-corrected chi connectivity index (χ2v) is 3.60. The van der Waals surface area contributed by atoms with Gasteiger partial charge in [-0.1, -0.05) is 0 Å². The van der Waals surface area contributed by atoms with Gasteiger partial charge in [-0.3, -0.25) is 4.79 Å². The molecule has 0 radical (unpaired) electrons. The normalized spacial score (nSPS) is 18.9. The lowest BCUT2D eigenvalue weighted by Gasteiger charge is -2.28. The summed E-state index contributed by atoms with van der Waals surface area (Å²) >= 11 is 0. The molecule has 92 valence electrons. The summed E-state index contributed by atoms with van der Waals surface area (Å²) in [5, 5.41) is 2.56. The van der Waals surface area contributed by atoms with Crippen LogP contribution in [0.5, 0.6) is 5.75 Å². The van der Waals surface area contributed by atoms with Crippen LogP contribution in [0.15, 0.2) is 18.2 Å². The molecule has 0 spiro atoms. The minimum Gasteiger partial charge on any atom is -0.477 e. The van der Waals surface area contributed by atoms with E-state index in [9.17, 15) is 18.0 Å². The number of benzene rings is 1. The van der Waals surface area contributed by atoms with Crippen LogP contribution < -0.4 is 15.8 Å².